The predicted octanol–water partition coefficient (Wildman–Crippen LogP) is 3.23. The van der Waals surface area contributed by atoms with Crippen molar-refractivity contribution >= 4 is 17.6 Å². The minimum atomic E-state index is -0.875. The Labute approximate surface area is 188 Å². The average molecular weight is 443 g/mol. The molecule has 0 unspecified atom stereocenters. The Kier molecular flexibility index (Phi) is 9.07. The second-order valence-electron chi connectivity index (χ2n) is 7.30. The molecule has 32 heavy (non-hydrogen) atoms. The maximum absolute atomic E-state index is 12.6. The van der Waals surface area contributed by atoms with E-state index in [1.165, 1.54) is 14.2 Å². The lowest BCUT2D eigenvalue weighted by atomic mass is 9.99. The second-order valence-corrected chi connectivity index (χ2v) is 7.30. The van der Waals surface area contributed by atoms with E-state index in [1.807, 2.05) is 56.3 Å². The monoisotopic (exact) mass is 442 g/mol. The van der Waals surface area contributed by atoms with E-state index in [1.54, 1.807) is 14.2 Å². The van der Waals surface area contributed by atoms with E-state index in [0.29, 0.717) is 11.5 Å². The Bertz CT molecular complexity index is 931. The number of nitrogens with one attached hydrogen (secondary N) is 1. The highest BCUT2D eigenvalue weighted by Gasteiger charge is 2.26. The van der Waals surface area contributed by atoms with Crippen LogP contribution in [0.3, 0.4) is 0 Å². The molecule has 0 radical (unpaired) electrons. The van der Waals surface area contributed by atoms with Crippen LogP contribution in [0.5, 0.6) is 11.5 Å². The van der Waals surface area contributed by atoms with Gasteiger partial charge < -0.3 is 24.4 Å². The summed E-state index contributed by atoms with van der Waals surface area (Å²) >= 11 is 0. The first-order valence-corrected chi connectivity index (χ1v) is 10.2. The number of benzene rings is 2. The molecule has 0 aliphatic carbocycles. The highest BCUT2D eigenvalue weighted by Crippen LogP contribution is 2.38. The number of amides is 1. The summed E-state index contributed by atoms with van der Waals surface area (Å²) in [5.74, 6) is 0.177. The molecule has 2 rings (SSSR count). The molecule has 2 aromatic carbocycles. The van der Waals surface area contributed by atoms with Crippen LogP contribution in [-0.2, 0) is 25.6 Å². The number of hydrogen-bond acceptors (Lipinski definition) is 7. The van der Waals surface area contributed by atoms with Crippen LogP contribution in [0.1, 0.15) is 19.4 Å². The third-order valence-corrected chi connectivity index (χ3v) is 4.87. The summed E-state index contributed by atoms with van der Waals surface area (Å²) in [6, 6.07) is 12.3. The van der Waals surface area contributed by atoms with Crippen molar-refractivity contribution in [3.05, 3.63) is 48.0 Å². The van der Waals surface area contributed by atoms with E-state index >= 15 is 0 Å². The molecule has 0 heterocycles. The number of hydrogen-bond donors (Lipinski definition) is 1. The summed E-state index contributed by atoms with van der Waals surface area (Å²) in [5, 5.41) is 6.48. The molecular formula is C24H30N2O6. The van der Waals surface area contributed by atoms with Gasteiger partial charge in [0.1, 0.15) is 30.4 Å². The van der Waals surface area contributed by atoms with Gasteiger partial charge in [-0.05, 0) is 23.3 Å². The number of carbonyl (C=O) groups is 2. The van der Waals surface area contributed by atoms with Crippen LogP contribution in [0, 0.1) is 5.92 Å². The summed E-state index contributed by atoms with van der Waals surface area (Å²) in [6.07, 6.45) is 0.250. The Morgan fingerprint density at radius 2 is 1.53 bits per heavy atom. The molecule has 1 N–H and O–H groups in total. The van der Waals surface area contributed by atoms with E-state index < -0.39 is 17.9 Å². The fourth-order valence-electron chi connectivity index (χ4n) is 3.25. The minimum Gasteiger partial charge on any atom is -0.496 e. The molecule has 0 bridgehead atoms. The van der Waals surface area contributed by atoms with Crippen LogP contribution in [0.4, 0.5) is 0 Å². The van der Waals surface area contributed by atoms with Crippen molar-refractivity contribution in [3.8, 4) is 22.6 Å². The fourth-order valence-corrected chi connectivity index (χ4v) is 3.25. The largest absolute Gasteiger partial charge is 0.496 e. The van der Waals surface area contributed by atoms with E-state index in [-0.39, 0.29) is 18.1 Å². The summed E-state index contributed by atoms with van der Waals surface area (Å²) in [5.41, 5.74) is 2.77. The maximum atomic E-state index is 12.6. The molecule has 0 aromatic heterocycles. The number of rotatable bonds is 10. The van der Waals surface area contributed by atoms with E-state index in [2.05, 4.69) is 10.5 Å². The molecule has 1 atom stereocenters. The number of esters is 1. The molecule has 8 nitrogen and oxygen atoms in total. The lowest BCUT2D eigenvalue weighted by Gasteiger charge is -2.18. The van der Waals surface area contributed by atoms with Crippen LogP contribution >= 0.6 is 0 Å². The first kappa shape index (κ1) is 24.7. The van der Waals surface area contributed by atoms with E-state index in [4.69, 9.17) is 19.0 Å². The smallest absolute Gasteiger partial charge is 0.328 e. The van der Waals surface area contributed by atoms with Crippen molar-refractivity contribution in [1.29, 1.82) is 0 Å². The standard InChI is InChI=1S/C24H30N2O6/c1-15(2)22(26-32-6)23(27)25-18(24(28)31-5)14-16-10-12-17(13-11-16)21-19(29-3)8-7-9-20(21)30-4/h7-13,15,18H,14H2,1-6H3,(H,25,27)/t18-/m0/s1. The van der Waals surface area contributed by atoms with Gasteiger partial charge in [-0.25, -0.2) is 4.79 Å². The van der Waals surface area contributed by atoms with E-state index in [9.17, 15) is 9.59 Å². The first-order chi connectivity index (χ1) is 15.4. The summed E-state index contributed by atoms with van der Waals surface area (Å²) in [7, 11) is 5.86. The van der Waals surface area contributed by atoms with Gasteiger partial charge in [0.05, 0.1) is 26.9 Å². The first-order valence-electron chi connectivity index (χ1n) is 10.2. The zero-order chi connectivity index (χ0) is 23.7. The molecule has 0 aliphatic rings. The Morgan fingerprint density at radius 3 is 2.00 bits per heavy atom. The minimum absolute atomic E-state index is 0.177. The lowest BCUT2D eigenvalue weighted by molar-refractivity contribution is -0.144. The molecule has 0 aliphatic heterocycles. The van der Waals surface area contributed by atoms with Crippen LogP contribution in [0.15, 0.2) is 47.6 Å². The van der Waals surface area contributed by atoms with Gasteiger partial charge in [0.15, 0.2) is 0 Å². The molecule has 0 saturated heterocycles. The SMILES string of the molecule is CON=C(C(=O)N[C@@H](Cc1ccc(-c2c(OC)cccc2OC)cc1)C(=O)OC)C(C)C. The van der Waals surface area contributed by atoms with Crippen molar-refractivity contribution < 1.29 is 28.6 Å². The molecule has 0 spiro atoms. The zero-order valence-electron chi connectivity index (χ0n) is 19.3. The van der Waals surface area contributed by atoms with Crippen LogP contribution < -0.4 is 14.8 Å². The van der Waals surface area contributed by atoms with Gasteiger partial charge in [0, 0.05) is 12.3 Å². The van der Waals surface area contributed by atoms with Crippen molar-refractivity contribution in [2.45, 2.75) is 26.3 Å². The van der Waals surface area contributed by atoms with Gasteiger partial charge in [-0.2, -0.15) is 0 Å². The second kappa shape index (κ2) is 11.7. The number of methoxy groups -OCH3 is 3. The van der Waals surface area contributed by atoms with Crippen molar-refractivity contribution in [2.75, 3.05) is 28.4 Å². The predicted molar refractivity (Wildman–Crippen MR) is 122 cm³/mol. The van der Waals surface area contributed by atoms with Crippen molar-refractivity contribution in [2.24, 2.45) is 11.1 Å². The Hall–Kier alpha value is -3.55. The third-order valence-electron chi connectivity index (χ3n) is 4.87. The summed E-state index contributed by atoms with van der Waals surface area (Å²) in [4.78, 5) is 29.7. The quantitative estimate of drug-likeness (QED) is 0.345. The summed E-state index contributed by atoms with van der Waals surface area (Å²) < 4.78 is 15.8. The topological polar surface area (TPSA) is 95.5 Å². The molecule has 1 amide bonds. The normalized spacial score (nSPS) is 12.2. The van der Waals surface area contributed by atoms with Gasteiger partial charge in [-0.1, -0.05) is 49.3 Å². The van der Waals surface area contributed by atoms with Crippen molar-refractivity contribution in [3.63, 3.8) is 0 Å². The maximum Gasteiger partial charge on any atom is 0.328 e. The number of ether oxygens (including phenoxy) is 3. The molecule has 0 saturated carbocycles. The third kappa shape index (κ3) is 6.00. The van der Waals surface area contributed by atoms with Gasteiger partial charge >= 0.3 is 5.97 Å². The molecule has 0 fully saturated rings. The van der Waals surface area contributed by atoms with E-state index in [0.717, 1.165) is 16.7 Å². The van der Waals surface area contributed by atoms with Gasteiger partial charge in [0.25, 0.3) is 5.91 Å². The van der Waals surface area contributed by atoms with Gasteiger partial charge in [-0.3, -0.25) is 4.79 Å². The number of carbonyl (C=O) groups excluding carboxylic acids is 2. The lowest BCUT2D eigenvalue weighted by Crippen LogP contribution is -2.46. The van der Waals surface area contributed by atoms with Crippen molar-refractivity contribution in [1.82, 2.24) is 5.32 Å². The zero-order valence-corrected chi connectivity index (χ0v) is 19.3. The van der Waals surface area contributed by atoms with Gasteiger partial charge in [-0.15, -0.1) is 0 Å². The summed E-state index contributed by atoms with van der Waals surface area (Å²) in [6.45, 7) is 3.63. The highest BCUT2D eigenvalue weighted by molar-refractivity contribution is 6.39. The van der Waals surface area contributed by atoms with Crippen LogP contribution in [-0.4, -0.2) is 52.1 Å². The number of oxime groups is 1. The van der Waals surface area contributed by atoms with Crippen LogP contribution in [0.2, 0.25) is 0 Å². The van der Waals surface area contributed by atoms with Crippen LogP contribution in [0.25, 0.3) is 11.1 Å². The fraction of sp³-hybridized carbons (Fsp3) is 0.375. The Morgan fingerprint density at radius 1 is 0.938 bits per heavy atom. The van der Waals surface area contributed by atoms with Gasteiger partial charge in [0.2, 0.25) is 0 Å². The average Bonchev–Trinajstić information content (AvgIpc) is 2.81. The molecule has 2 aromatic rings. The molecule has 8 heteroatoms. The number of nitrogens with zero attached hydrogens (tertiary/aromatic N) is 1. The molecular weight excluding hydrogens is 412 g/mol. The molecule has 172 valence electrons. The Balaban J connectivity index is 2.27. The highest BCUT2D eigenvalue weighted by atomic mass is 16.6.